The molecule has 0 aliphatic carbocycles. The molecule has 0 bridgehead atoms. The fourth-order valence-corrected chi connectivity index (χ4v) is 2.70. The van der Waals surface area contributed by atoms with Gasteiger partial charge in [0.05, 0.1) is 0 Å². The molecule has 0 fully saturated rings. The molecule has 0 amide bonds. The number of carbonyl (C=O) groups excluding carboxylic acids is 2. The number of ether oxygens (including phenoxy) is 1. The van der Waals surface area contributed by atoms with Crippen LogP contribution < -0.4 is 0 Å². The summed E-state index contributed by atoms with van der Waals surface area (Å²) in [6.45, 7) is 5.25. The van der Waals surface area contributed by atoms with E-state index in [1.165, 1.54) is 0 Å². The van der Waals surface area contributed by atoms with E-state index >= 15 is 0 Å². The highest BCUT2D eigenvalue weighted by Crippen LogP contribution is 2.22. The van der Waals surface area contributed by atoms with Gasteiger partial charge < -0.3 is 9.15 Å². The quantitative estimate of drug-likeness (QED) is 0.471. The molecule has 3 rings (SSSR count). The van der Waals surface area contributed by atoms with Crippen molar-refractivity contribution in [3.8, 4) is 11.5 Å². The summed E-state index contributed by atoms with van der Waals surface area (Å²) in [5.41, 5.74) is 2.49. The zero-order valence-electron chi connectivity index (χ0n) is 15.6. The fourth-order valence-electron chi connectivity index (χ4n) is 2.70. The van der Waals surface area contributed by atoms with E-state index in [2.05, 4.69) is 4.98 Å². The summed E-state index contributed by atoms with van der Waals surface area (Å²) in [5.74, 6) is -0.236. The molecule has 0 radical (unpaired) electrons. The van der Waals surface area contributed by atoms with E-state index in [0.29, 0.717) is 17.2 Å². The molecule has 1 heterocycles. The maximum atomic E-state index is 12.5. The van der Waals surface area contributed by atoms with E-state index in [1.54, 1.807) is 26.0 Å². The second-order valence-corrected chi connectivity index (χ2v) is 6.25. The lowest BCUT2D eigenvalue weighted by Gasteiger charge is -2.11. The second-order valence-electron chi connectivity index (χ2n) is 6.25. The van der Waals surface area contributed by atoms with Crippen LogP contribution in [0, 0.1) is 6.92 Å². The summed E-state index contributed by atoms with van der Waals surface area (Å²) >= 11 is 0. The predicted octanol–water partition coefficient (Wildman–Crippen LogP) is 4.64. The Kier molecular flexibility index (Phi) is 5.50. The molecule has 0 aliphatic heterocycles. The first kappa shape index (κ1) is 18.6. The molecule has 2 aromatic carbocycles. The number of aromatic nitrogens is 1. The Balaban J connectivity index is 1.72. The molecular formula is C22H21NO4. The minimum absolute atomic E-state index is 0.0785. The molecule has 1 aromatic heterocycles. The lowest BCUT2D eigenvalue weighted by atomic mass is 10.0. The van der Waals surface area contributed by atoms with Crippen LogP contribution in [-0.2, 0) is 11.2 Å². The van der Waals surface area contributed by atoms with Crippen LogP contribution in [0.15, 0.2) is 59.0 Å². The number of nitrogens with zero attached hydrogens (tertiary/aromatic N) is 1. The van der Waals surface area contributed by atoms with E-state index in [4.69, 9.17) is 9.15 Å². The average molecular weight is 363 g/mol. The summed E-state index contributed by atoms with van der Waals surface area (Å²) in [7, 11) is 0. The van der Waals surface area contributed by atoms with E-state index in [-0.39, 0.29) is 11.5 Å². The lowest BCUT2D eigenvalue weighted by Crippen LogP contribution is -2.25. The van der Waals surface area contributed by atoms with Crippen molar-refractivity contribution >= 4 is 11.8 Å². The van der Waals surface area contributed by atoms with Crippen molar-refractivity contribution in [3.63, 3.8) is 0 Å². The van der Waals surface area contributed by atoms with Crippen molar-refractivity contribution < 1.29 is 18.7 Å². The minimum atomic E-state index is -0.916. The van der Waals surface area contributed by atoms with Crippen molar-refractivity contribution in [1.82, 2.24) is 4.98 Å². The van der Waals surface area contributed by atoms with E-state index in [9.17, 15) is 9.59 Å². The predicted molar refractivity (Wildman–Crippen MR) is 102 cm³/mol. The van der Waals surface area contributed by atoms with Gasteiger partial charge in [-0.1, -0.05) is 49.4 Å². The number of oxazole rings is 1. The average Bonchev–Trinajstić information content (AvgIpc) is 3.10. The first-order valence-electron chi connectivity index (χ1n) is 8.86. The van der Waals surface area contributed by atoms with Crippen molar-refractivity contribution in [2.24, 2.45) is 0 Å². The molecule has 5 nitrogen and oxygen atoms in total. The third kappa shape index (κ3) is 4.14. The van der Waals surface area contributed by atoms with Gasteiger partial charge in [-0.3, -0.25) is 4.79 Å². The normalized spacial score (nSPS) is 11.8. The number of aryl methyl sites for hydroxylation is 2. The summed E-state index contributed by atoms with van der Waals surface area (Å²) in [6, 6.07) is 16.6. The summed E-state index contributed by atoms with van der Waals surface area (Å²) in [5, 5.41) is 0. The van der Waals surface area contributed by atoms with Gasteiger partial charge in [0.1, 0.15) is 5.76 Å². The van der Waals surface area contributed by atoms with Crippen LogP contribution in [0.25, 0.3) is 11.5 Å². The number of hydrogen-bond donors (Lipinski definition) is 0. The van der Waals surface area contributed by atoms with Crippen molar-refractivity contribution in [1.29, 1.82) is 0 Å². The maximum Gasteiger partial charge on any atom is 0.361 e. The van der Waals surface area contributed by atoms with Crippen molar-refractivity contribution in [3.05, 3.63) is 77.2 Å². The molecule has 138 valence electrons. The number of esters is 1. The standard InChI is InChI=1S/C22H21NO4/c1-4-16-10-12-17(13-11-16)20(24)15(3)27-22(25)19-14(2)26-21(23-19)18-8-6-5-7-9-18/h5-13,15H,4H2,1-3H3/t15-/m0/s1. The van der Waals surface area contributed by atoms with Crippen molar-refractivity contribution in [2.75, 3.05) is 0 Å². The largest absolute Gasteiger partial charge is 0.449 e. The Morgan fingerprint density at radius 3 is 2.37 bits per heavy atom. The van der Waals surface area contributed by atoms with Gasteiger partial charge in [0.2, 0.25) is 11.7 Å². The molecule has 27 heavy (non-hydrogen) atoms. The molecule has 0 spiro atoms. The smallest absolute Gasteiger partial charge is 0.361 e. The monoisotopic (exact) mass is 363 g/mol. The lowest BCUT2D eigenvalue weighted by molar-refractivity contribution is 0.0312. The van der Waals surface area contributed by atoms with E-state index < -0.39 is 12.1 Å². The van der Waals surface area contributed by atoms with Gasteiger partial charge in [-0.25, -0.2) is 9.78 Å². The molecular weight excluding hydrogens is 342 g/mol. The number of benzene rings is 2. The first-order chi connectivity index (χ1) is 13.0. The Morgan fingerprint density at radius 2 is 1.74 bits per heavy atom. The molecule has 0 unspecified atom stereocenters. The molecule has 3 aromatic rings. The van der Waals surface area contributed by atoms with Crippen LogP contribution in [0.1, 0.15) is 46.0 Å². The summed E-state index contributed by atoms with van der Waals surface area (Å²) in [4.78, 5) is 29.2. The maximum absolute atomic E-state index is 12.5. The van der Waals surface area contributed by atoms with Crippen LogP contribution >= 0.6 is 0 Å². The highest BCUT2D eigenvalue weighted by molar-refractivity contribution is 6.01. The number of Topliss-reactive ketones (excluding diaryl/α,β-unsaturated/α-hetero) is 1. The Labute approximate surface area is 158 Å². The Bertz CT molecular complexity index is 942. The first-order valence-corrected chi connectivity index (χ1v) is 8.86. The van der Waals surface area contributed by atoms with Gasteiger partial charge in [-0.05, 0) is 38.0 Å². The van der Waals surface area contributed by atoms with Gasteiger partial charge in [0, 0.05) is 11.1 Å². The Morgan fingerprint density at radius 1 is 1.07 bits per heavy atom. The number of carbonyl (C=O) groups is 2. The number of rotatable bonds is 6. The van der Waals surface area contributed by atoms with Gasteiger partial charge in [0.25, 0.3) is 0 Å². The SMILES string of the molecule is CCc1ccc(C(=O)[C@H](C)OC(=O)c2nc(-c3ccccc3)oc2C)cc1. The highest BCUT2D eigenvalue weighted by atomic mass is 16.5. The Hall–Kier alpha value is -3.21. The van der Waals surface area contributed by atoms with Crippen LogP contribution in [0.3, 0.4) is 0 Å². The van der Waals surface area contributed by atoms with Crippen LogP contribution in [0.4, 0.5) is 0 Å². The van der Waals surface area contributed by atoms with Gasteiger partial charge >= 0.3 is 5.97 Å². The number of ketones is 1. The third-order valence-corrected chi connectivity index (χ3v) is 4.31. The molecule has 0 saturated carbocycles. The zero-order valence-corrected chi connectivity index (χ0v) is 15.6. The minimum Gasteiger partial charge on any atom is -0.449 e. The molecule has 0 aliphatic rings. The van der Waals surface area contributed by atoms with Crippen molar-refractivity contribution in [2.45, 2.75) is 33.3 Å². The molecule has 0 N–H and O–H groups in total. The van der Waals surface area contributed by atoms with E-state index in [0.717, 1.165) is 17.5 Å². The van der Waals surface area contributed by atoms with E-state index in [1.807, 2.05) is 49.4 Å². The molecule has 1 atom stereocenters. The highest BCUT2D eigenvalue weighted by Gasteiger charge is 2.25. The van der Waals surface area contributed by atoms with Crippen LogP contribution in [0.2, 0.25) is 0 Å². The zero-order chi connectivity index (χ0) is 19.4. The van der Waals surface area contributed by atoms with Gasteiger partial charge in [0.15, 0.2) is 11.8 Å². The van der Waals surface area contributed by atoms with Gasteiger partial charge in [-0.2, -0.15) is 0 Å². The topological polar surface area (TPSA) is 69.4 Å². The number of hydrogen-bond acceptors (Lipinski definition) is 5. The molecule has 0 saturated heterocycles. The summed E-state index contributed by atoms with van der Waals surface area (Å²) < 4.78 is 10.9. The fraction of sp³-hybridized carbons (Fsp3) is 0.227. The third-order valence-electron chi connectivity index (χ3n) is 4.31. The van der Waals surface area contributed by atoms with Crippen LogP contribution in [-0.4, -0.2) is 22.8 Å². The molecule has 5 heteroatoms. The summed E-state index contributed by atoms with van der Waals surface area (Å²) in [6.07, 6.45) is -0.0185. The van der Waals surface area contributed by atoms with Gasteiger partial charge in [-0.15, -0.1) is 0 Å². The second kappa shape index (κ2) is 7.99. The van der Waals surface area contributed by atoms with Crippen LogP contribution in [0.5, 0.6) is 0 Å².